The van der Waals surface area contributed by atoms with Gasteiger partial charge in [0.25, 0.3) is 0 Å². The van der Waals surface area contributed by atoms with E-state index in [0.29, 0.717) is 5.84 Å². The zero-order valence-electron chi connectivity index (χ0n) is 7.80. The Bertz CT molecular complexity index is 386. The highest BCUT2D eigenvalue weighted by molar-refractivity contribution is 8.04. The molecule has 2 aliphatic heterocycles. The number of nitrogens with zero attached hydrogens (tertiary/aromatic N) is 3. The fourth-order valence-electron chi connectivity index (χ4n) is 1.58. The highest BCUT2D eigenvalue weighted by Gasteiger charge is 2.38. The number of fused-ring (bicyclic) bond motifs is 1. The molecule has 0 radical (unpaired) electrons. The van der Waals surface area contributed by atoms with Crippen LogP contribution in [0.2, 0.25) is 0 Å². The van der Waals surface area contributed by atoms with Gasteiger partial charge in [0, 0.05) is 11.8 Å². The van der Waals surface area contributed by atoms with Crippen LogP contribution in [0.4, 0.5) is 0 Å². The second kappa shape index (κ2) is 3.20. The van der Waals surface area contributed by atoms with Gasteiger partial charge in [-0.1, -0.05) is 0 Å². The molecule has 2 atom stereocenters. The summed E-state index contributed by atoms with van der Waals surface area (Å²) in [5, 5.41) is 10.8. The van der Waals surface area contributed by atoms with E-state index in [-0.39, 0.29) is 21.2 Å². The van der Waals surface area contributed by atoms with Crippen molar-refractivity contribution in [2.45, 2.75) is 25.1 Å². The van der Waals surface area contributed by atoms with Crippen LogP contribution in [0.1, 0.15) is 13.8 Å². The zero-order valence-corrected chi connectivity index (χ0v) is 8.61. The molecule has 0 aromatic carbocycles. The normalized spacial score (nSPS) is 30.3. The van der Waals surface area contributed by atoms with E-state index in [1.54, 1.807) is 6.08 Å². The van der Waals surface area contributed by atoms with Gasteiger partial charge in [-0.05, 0) is 25.6 Å². The van der Waals surface area contributed by atoms with Crippen LogP contribution in [-0.4, -0.2) is 27.8 Å². The molecule has 2 aliphatic rings. The summed E-state index contributed by atoms with van der Waals surface area (Å²) in [6.45, 7) is 3.70. The summed E-state index contributed by atoms with van der Waals surface area (Å²) in [5.74, 6) is 0.699. The third-order valence-electron chi connectivity index (χ3n) is 2.14. The second-order valence-corrected chi connectivity index (χ2v) is 4.38. The Morgan fingerprint density at radius 1 is 1.57 bits per heavy atom. The van der Waals surface area contributed by atoms with Crippen LogP contribution in [0.5, 0.6) is 0 Å². The topological polar surface area (TPSA) is 67.9 Å². The van der Waals surface area contributed by atoms with Crippen molar-refractivity contribution in [3.05, 3.63) is 21.2 Å². The Hall–Kier alpha value is -1.17. The first kappa shape index (κ1) is 9.39. The van der Waals surface area contributed by atoms with E-state index >= 15 is 0 Å². The molecule has 0 bridgehead atoms. The summed E-state index contributed by atoms with van der Waals surface area (Å²) in [6, 6.07) is -0.0992. The lowest BCUT2D eigenvalue weighted by atomic mass is 10.1. The minimum atomic E-state index is -0.360. The standard InChI is InChI=1S/C8H9N3O2S/c1-4-8-6(10-5(2)9-4)3-7(14-8)11(12)13/h3,6,8H,1-2H3. The van der Waals surface area contributed by atoms with Crippen LogP contribution in [0.3, 0.4) is 0 Å². The van der Waals surface area contributed by atoms with Gasteiger partial charge in [0.2, 0.25) is 0 Å². The maximum atomic E-state index is 10.6. The first-order chi connectivity index (χ1) is 6.58. The van der Waals surface area contributed by atoms with Crippen LogP contribution in [0.25, 0.3) is 0 Å². The summed E-state index contributed by atoms with van der Waals surface area (Å²) >= 11 is 1.24. The minimum Gasteiger partial charge on any atom is -0.261 e. The van der Waals surface area contributed by atoms with Crippen molar-refractivity contribution in [1.82, 2.24) is 0 Å². The predicted octanol–water partition coefficient (Wildman–Crippen LogP) is 1.48. The Balaban J connectivity index is 2.30. The molecule has 2 heterocycles. The molecule has 0 fully saturated rings. The monoisotopic (exact) mass is 211 g/mol. The van der Waals surface area contributed by atoms with Gasteiger partial charge in [0.1, 0.15) is 5.84 Å². The molecule has 0 aliphatic carbocycles. The van der Waals surface area contributed by atoms with Gasteiger partial charge in [-0.3, -0.25) is 15.1 Å². The van der Waals surface area contributed by atoms with Crippen molar-refractivity contribution in [1.29, 1.82) is 0 Å². The van der Waals surface area contributed by atoms with Gasteiger partial charge < -0.3 is 0 Å². The van der Waals surface area contributed by atoms with Crippen molar-refractivity contribution >= 4 is 23.3 Å². The van der Waals surface area contributed by atoms with Gasteiger partial charge in [-0.15, -0.1) is 0 Å². The van der Waals surface area contributed by atoms with Crippen molar-refractivity contribution in [3.8, 4) is 0 Å². The van der Waals surface area contributed by atoms with Crippen LogP contribution >= 0.6 is 11.8 Å². The van der Waals surface area contributed by atoms with Crippen LogP contribution in [0.15, 0.2) is 21.1 Å². The molecule has 0 N–H and O–H groups in total. The molecular weight excluding hydrogens is 202 g/mol. The quantitative estimate of drug-likeness (QED) is 0.487. The van der Waals surface area contributed by atoms with Crippen LogP contribution in [-0.2, 0) is 0 Å². The summed E-state index contributed by atoms with van der Waals surface area (Å²) in [4.78, 5) is 18.7. The average Bonchev–Trinajstić information content (AvgIpc) is 2.47. The van der Waals surface area contributed by atoms with Gasteiger partial charge in [-0.2, -0.15) is 0 Å². The predicted molar refractivity (Wildman–Crippen MR) is 56.5 cm³/mol. The number of thioether (sulfide) groups is 1. The fourth-order valence-corrected chi connectivity index (χ4v) is 2.64. The molecule has 0 spiro atoms. The van der Waals surface area contributed by atoms with Gasteiger partial charge >= 0.3 is 5.03 Å². The molecular formula is C8H9N3O2S. The summed E-state index contributed by atoms with van der Waals surface area (Å²) in [7, 11) is 0. The SMILES string of the molecule is CC1=NC2C=C([N+](=O)[O-])SC2C(C)=N1. The average molecular weight is 211 g/mol. The van der Waals surface area contributed by atoms with E-state index in [1.165, 1.54) is 11.8 Å². The fraction of sp³-hybridized carbons (Fsp3) is 0.500. The van der Waals surface area contributed by atoms with Crippen molar-refractivity contribution in [2.75, 3.05) is 0 Å². The number of hydrogen-bond donors (Lipinski definition) is 0. The molecule has 0 aromatic rings. The molecule has 0 amide bonds. The molecule has 5 nitrogen and oxygen atoms in total. The molecule has 0 saturated heterocycles. The Kier molecular flexibility index (Phi) is 2.14. The van der Waals surface area contributed by atoms with Crippen LogP contribution in [0, 0.1) is 10.1 Å². The number of rotatable bonds is 1. The van der Waals surface area contributed by atoms with E-state index in [9.17, 15) is 10.1 Å². The van der Waals surface area contributed by atoms with E-state index < -0.39 is 0 Å². The number of amidine groups is 1. The molecule has 14 heavy (non-hydrogen) atoms. The molecule has 6 heteroatoms. The van der Waals surface area contributed by atoms with Crippen molar-refractivity contribution in [2.24, 2.45) is 9.98 Å². The van der Waals surface area contributed by atoms with Gasteiger partial charge in [-0.25, -0.2) is 4.99 Å². The largest absolute Gasteiger partial charge is 0.302 e. The van der Waals surface area contributed by atoms with Crippen molar-refractivity contribution < 1.29 is 4.92 Å². The number of aliphatic imine (C=N–C) groups is 2. The lowest BCUT2D eigenvalue weighted by molar-refractivity contribution is -0.410. The maximum Gasteiger partial charge on any atom is 0.302 e. The third-order valence-corrected chi connectivity index (χ3v) is 3.54. The first-order valence-electron chi connectivity index (χ1n) is 4.20. The summed E-state index contributed by atoms with van der Waals surface area (Å²) < 4.78 is 0. The van der Waals surface area contributed by atoms with E-state index in [2.05, 4.69) is 9.98 Å². The lowest BCUT2D eigenvalue weighted by Gasteiger charge is -2.18. The van der Waals surface area contributed by atoms with E-state index in [0.717, 1.165) is 5.71 Å². The van der Waals surface area contributed by atoms with Gasteiger partial charge in [0.05, 0.1) is 16.2 Å². The first-order valence-corrected chi connectivity index (χ1v) is 5.08. The highest BCUT2D eigenvalue weighted by atomic mass is 32.2. The van der Waals surface area contributed by atoms with Gasteiger partial charge in [0.15, 0.2) is 0 Å². The Labute approximate surface area is 85.2 Å². The number of nitro groups is 1. The molecule has 2 unspecified atom stereocenters. The van der Waals surface area contributed by atoms with Crippen LogP contribution < -0.4 is 0 Å². The molecule has 0 aromatic heterocycles. The Morgan fingerprint density at radius 2 is 2.29 bits per heavy atom. The van der Waals surface area contributed by atoms with E-state index in [4.69, 9.17) is 0 Å². The lowest BCUT2D eigenvalue weighted by Crippen LogP contribution is -2.28. The molecule has 74 valence electrons. The number of hydrogen-bond acceptors (Lipinski definition) is 5. The minimum absolute atomic E-state index is 0.0269. The maximum absolute atomic E-state index is 10.6. The second-order valence-electron chi connectivity index (χ2n) is 3.22. The third kappa shape index (κ3) is 1.45. The Morgan fingerprint density at radius 3 is 2.93 bits per heavy atom. The molecule has 2 rings (SSSR count). The smallest absolute Gasteiger partial charge is 0.261 e. The van der Waals surface area contributed by atoms with Crippen molar-refractivity contribution in [3.63, 3.8) is 0 Å². The zero-order chi connectivity index (χ0) is 10.3. The summed E-state index contributed by atoms with van der Waals surface area (Å²) in [5.41, 5.74) is 0.917. The molecule has 0 saturated carbocycles. The summed E-state index contributed by atoms with van der Waals surface area (Å²) in [6.07, 6.45) is 1.61. The van der Waals surface area contributed by atoms with E-state index in [1.807, 2.05) is 13.8 Å². The highest BCUT2D eigenvalue weighted by Crippen LogP contribution is 2.36.